The number of rotatable bonds is 8. The van der Waals surface area contributed by atoms with Gasteiger partial charge in [-0.25, -0.2) is 0 Å². The van der Waals surface area contributed by atoms with Crippen molar-refractivity contribution in [3.63, 3.8) is 0 Å². The SMILES string of the molecule is C[C@H](CNC(=O)Cc1ccccc1Cl)NC[C@@H](O)c1ccccc1. The van der Waals surface area contributed by atoms with Crippen LogP contribution in [0.15, 0.2) is 54.6 Å². The first-order chi connectivity index (χ1) is 11.6. The van der Waals surface area contributed by atoms with Gasteiger partial charge in [0.25, 0.3) is 0 Å². The van der Waals surface area contributed by atoms with Gasteiger partial charge in [0.2, 0.25) is 5.91 Å². The van der Waals surface area contributed by atoms with E-state index in [1.807, 2.05) is 55.5 Å². The quantitative estimate of drug-likeness (QED) is 0.688. The molecule has 0 heterocycles. The fourth-order valence-electron chi connectivity index (χ4n) is 2.32. The van der Waals surface area contributed by atoms with Gasteiger partial charge in [-0.1, -0.05) is 60.1 Å². The minimum absolute atomic E-state index is 0.0542. The predicted molar refractivity (Wildman–Crippen MR) is 97.0 cm³/mol. The number of benzene rings is 2. The number of aliphatic hydroxyl groups excluding tert-OH is 1. The van der Waals surface area contributed by atoms with Crippen LogP contribution in [0.5, 0.6) is 0 Å². The van der Waals surface area contributed by atoms with Gasteiger partial charge in [-0.2, -0.15) is 0 Å². The molecule has 3 N–H and O–H groups in total. The van der Waals surface area contributed by atoms with Crippen molar-refractivity contribution in [1.82, 2.24) is 10.6 Å². The van der Waals surface area contributed by atoms with E-state index >= 15 is 0 Å². The lowest BCUT2D eigenvalue weighted by molar-refractivity contribution is -0.120. The van der Waals surface area contributed by atoms with Crippen molar-refractivity contribution >= 4 is 17.5 Å². The molecule has 2 aromatic carbocycles. The van der Waals surface area contributed by atoms with Crippen molar-refractivity contribution in [3.05, 3.63) is 70.7 Å². The summed E-state index contributed by atoms with van der Waals surface area (Å²) in [4.78, 5) is 12.0. The first kappa shape index (κ1) is 18.5. The Labute approximate surface area is 147 Å². The van der Waals surface area contributed by atoms with E-state index in [0.29, 0.717) is 18.1 Å². The Morgan fingerprint density at radius 1 is 1.08 bits per heavy atom. The van der Waals surface area contributed by atoms with E-state index in [0.717, 1.165) is 11.1 Å². The van der Waals surface area contributed by atoms with Gasteiger partial charge in [0, 0.05) is 24.2 Å². The van der Waals surface area contributed by atoms with Crippen LogP contribution in [0.25, 0.3) is 0 Å². The molecule has 0 bridgehead atoms. The zero-order valence-corrected chi connectivity index (χ0v) is 14.5. The van der Waals surface area contributed by atoms with Crippen LogP contribution in [0.2, 0.25) is 5.02 Å². The van der Waals surface area contributed by atoms with E-state index in [1.54, 1.807) is 6.07 Å². The summed E-state index contributed by atoms with van der Waals surface area (Å²) in [6.45, 7) is 2.89. The van der Waals surface area contributed by atoms with Crippen LogP contribution in [0, 0.1) is 0 Å². The topological polar surface area (TPSA) is 61.4 Å². The molecule has 0 aliphatic heterocycles. The van der Waals surface area contributed by atoms with Crippen molar-refractivity contribution in [2.45, 2.75) is 25.5 Å². The second kappa shape index (κ2) is 9.42. The highest BCUT2D eigenvalue weighted by Crippen LogP contribution is 2.15. The number of halogens is 1. The number of carbonyl (C=O) groups excluding carboxylic acids is 1. The van der Waals surface area contributed by atoms with Crippen molar-refractivity contribution in [3.8, 4) is 0 Å². The molecule has 2 atom stereocenters. The minimum Gasteiger partial charge on any atom is -0.387 e. The summed E-state index contributed by atoms with van der Waals surface area (Å²) in [5.74, 6) is -0.0691. The highest BCUT2D eigenvalue weighted by atomic mass is 35.5. The lowest BCUT2D eigenvalue weighted by Crippen LogP contribution is -2.41. The smallest absolute Gasteiger partial charge is 0.224 e. The van der Waals surface area contributed by atoms with Crippen LogP contribution in [0.1, 0.15) is 24.2 Å². The second-order valence-corrected chi connectivity index (χ2v) is 6.22. The maximum absolute atomic E-state index is 12.0. The fourth-order valence-corrected chi connectivity index (χ4v) is 2.52. The van der Waals surface area contributed by atoms with Gasteiger partial charge in [-0.15, -0.1) is 0 Å². The number of aliphatic hydroxyl groups is 1. The van der Waals surface area contributed by atoms with Crippen LogP contribution in [-0.2, 0) is 11.2 Å². The standard InChI is InChI=1S/C19H23ClN2O2/c1-14(21-13-18(23)15-7-3-2-4-8-15)12-22-19(24)11-16-9-5-6-10-17(16)20/h2-10,14,18,21,23H,11-13H2,1H3,(H,22,24)/t14-,18-/m1/s1. The Morgan fingerprint density at radius 3 is 2.46 bits per heavy atom. The maximum atomic E-state index is 12.0. The Kier molecular flexibility index (Phi) is 7.25. The number of carbonyl (C=O) groups is 1. The molecular formula is C19H23ClN2O2. The van der Waals surface area contributed by atoms with Crippen LogP contribution in [0.3, 0.4) is 0 Å². The molecule has 0 fully saturated rings. The van der Waals surface area contributed by atoms with E-state index in [-0.39, 0.29) is 18.4 Å². The average Bonchev–Trinajstić information content (AvgIpc) is 2.60. The molecule has 0 aromatic heterocycles. The predicted octanol–water partition coefficient (Wildman–Crippen LogP) is 2.71. The molecule has 128 valence electrons. The molecule has 0 spiro atoms. The van der Waals surface area contributed by atoms with Gasteiger partial charge >= 0.3 is 0 Å². The molecule has 0 aliphatic rings. The average molecular weight is 347 g/mol. The van der Waals surface area contributed by atoms with Gasteiger partial charge in [0.1, 0.15) is 0 Å². The molecule has 0 aliphatic carbocycles. The van der Waals surface area contributed by atoms with Gasteiger partial charge in [0.05, 0.1) is 12.5 Å². The second-order valence-electron chi connectivity index (χ2n) is 5.81. The Morgan fingerprint density at radius 2 is 1.75 bits per heavy atom. The molecule has 24 heavy (non-hydrogen) atoms. The molecule has 1 amide bonds. The highest BCUT2D eigenvalue weighted by Gasteiger charge is 2.11. The first-order valence-electron chi connectivity index (χ1n) is 8.02. The van der Waals surface area contributed by atoms with E-state index < -0.39 is 6.10 Å². The number of hydrogen-bond donors (Lipinski definition) is 3. The Hall–Kier alpha value is -1.88. The monoisotopic (exact) mass is 346 g/mol. The third-order valence-corrected chi connectivity index (χ3v) is 4.13. The normalized spacial score (nSPS) is 13.3. The van der Waals surface area contributed by atoms with Crippen molar-refractivity contribution in [2.75, 3.05) is 13.1 Å². The molecule has 0 saturated carbocycles. The fraction of sp³-hybridized carbons (Fsp3) is 0.316. The molecule has 0 saturated heterocycles. The molecular weight excluding hydrogens is 324 g/mol. The van der Waals surface area contributed by atoms with Gasteiger partial charge in [0.15, 0.2) is 0 Å². The highest BCUT2D eigenvalue weighted by molar-refractivity contribution is 6.31. The lowest BCUT2D eigenvalue weighted by Gasteiger charge is -2.18. The summed E-state index contributed by atoms with van der Waals surface area (Å²) >= 11 is 6.05. The van der Waals surface area contributed by atoms with Crippen LogP contribution in [0.4, 0.5) is 0 Å². The van der Waals surface area contributed by atoms with E-state index in [9.17, 15) is 9.90 Å². The zero-order valence-electron chi connectivity index (χ0n) is 13.7. The van der Waals surface area contributed by atoms with Gasteiger partial charge < -0.3 is 15.7 Å². The van der Waals surface area contributed by atoms with Gasteiger partial charge in [-0.3, -0.25) is 4.79 Å². The van der Waals surface area contributed by atoms with Crippen LogP contribution >= 0.6 is 11.6 Å². The summed E-state index contributed by atoms with van der Waals surface area (Å²) in [5, 5.41) is 16.8. The molecule has 4 nitrogen and oxygen atoms in total. The van der Waals surface area contributed by atoms with Crippen molar-refractivity contribution < 1.29 is 9.90 Å². The maximum Gasteiger partial charge on any atom is 0.224 e. The van der Waals surface area contributed by atoms with Crippen LogP contribution in [-0.4, -0.2) is 30.1 Å². The molecule has 2 aromatic rings. The van der Waals surface area contributed by atoms with Gasteiger partial charge in [-0.05, 0) is 24.1 Å². The van der Waals surface area contributed by atoms with Crippen molar-refractivity contribution in [1.29, 1.82) is 0 Å². The Bertz CT molecular complexity index is 649. The number of amides is 1. The molecule has 5 heteroatoms. The third-order valence-electron chi connectivity index (χ3n) is 3.76. The van der Waals surface area contributed by atoms with E-state index in [1.165, 1.54) is 0 Å². The lowest BCUT2D eigenvalue weighted by atomic mass is 10.1. The first-order valence-corrected chi connectivity index (χ1v) is 8.40. The molecule has 0 radical (unpaired) electrons. The number of nitrogens with one attached hydrogen (secondary N) is 2. The van der Waals surface area contributed by atoms with Crippen LogP contribution < -0.4 is 10.6 Å². The zero-order chi connectivity index (χ0) is 17.4. The summed E-state index contributed by atoms with van der Waals surface area (Å²) < 4.78 is 0. The summed E-state index contributed by atoms with van der Waals surface area (Å²) in [6.07, 6.45) is -0.300. The summed E-state index contributed by atoms with van der Waals surface area (Å²) in [6, 6.07) is 16.9. The van der Waals surface area contributed by atoms with E-state index in [2.05, 4.69) is 10.6 Å². The van der Waals surface area contributed by atoms with E-state index in [4.69, 9.17) is 11.6 Å². The minimum atomic E-state index is -0.563. The summed E-state index contributed by atoms with van der Waals surface area (Å²) in [7, 11) is 0. The van der Waals surface area contributed by atoms with Crippen molar-refractivity contribution in [2.24, 2.45) is 0 Å². The molecule has 2 rings (SSSR count). The Balaban J connectivity index is 1.70. The summed E-state index contributed by atoms with van der Waals surface area (Å²) in [5.41, 5.74) is 1.69. The molecule has 0 unspecified atom stereocenters. The third kappa shape index (κ3) is 5.96. The number of hydrogen-bond acceptors (Lipinski definition) is 3. The largest absolute Gasteiger partial charge is 0.387 e.